The smallest absolute Gasteiger partial charge is 0.243 e. The van der Waals surface area contributed by atoms with Crippen LogP contribution in [0.25, 0.3) is 10.8 Å². The summed E-state index contributed by atoms with van der Waals surface area (Å²) in [6.45, 7) is 6.93. The van der Waals surface area contributed by atoms with Crippen LogP contribution in [0.5, 0.6) is 0 Å². The summed E-state index contributed by atoms with van der Waals surface area (Å²) in [7, 11) is -3.46. The maximum atomic E-state index is 13.0. The molecule has 1 aliphatic rings. The standard InChI is InChI=1S/C16H21N3O2S/c1-13(2)18-8-10-19(11-9-18)22(20,21)16-5-3-4-14-12-17-7-6-15(14)16/h3-7,12-13H,8-11H2,1-2H3. The van der Waals surface area contributed by atoms with Gasteiger partial charge in [0.25, 0.3) is 0 Å². The number of rotatable bonds is 3. The van der Waals surface area contributed by atoms with Crippen molar-refractivity contribution in [1.29, 1.82) is 0 Å². The van der Waals surface area contributed by atoms with E-state index in [9.17, 15) is 8.42 Å². The van der Waals surface area contributed by atoms with E-state index in [-0.39, 0.29) is 0 Å². The van der Waals surface area contributed by atoms with E-state index in [0.717, 1.165) is 23.9 Å². The van der Waals surface area contributed by atoms with Crippen LogP contribution in [0.2, 0.25) is 0 Å². The van der Waals surface area contributed by atoms with E-state index in [1.807, 2.05) is 6.07 Å². The highest BCUT2D eigenvalue weighted by Gasteiger charge is 2.30. The van der Waals surface area contributed by atoms with Crippen LogP contribution >= 0.6 is 0 Å². The Kier molecular flexibility index (Phi) is 4.16. The minimum atomic E-state index is -3.46. The van der Waals surface area contributed by atoms with E-state index >= 15 is 0 Å². The summed E-state index contributed by atoms with van der Waals surface area (Å²) < 4.78 is 27.5. The van der Waals surface area contributed by atoms with E-state index in [1.54, 1.807) is 34.9 Å². The first-order valence-corrected chi connectivity index (χ1v) is 9.01. The molecule has 1 saturated heterocycles. The Bertz CT molecular complexity index is 761. The van der Waals surface area contributed by atoms with Crippen LogP contribution in [0.1, 0.15) is 13.8 Å². The molecule has 5 nitrogen and oxygen atoms in total. The normalized spacial score (nSPS) is 18.1. The first kappa shape index (κ1) is 15.4. The predicted octanol–water partition coefficient (Wildman–Crippen LogP) is 1.95. The molecule has 0 spiro atoms. The summed E-state index contributed by atoms with van der Waals surface area (Å²) >= 11 is 0. The largest absolute Gasteiger partial charge is 0.298 e. The number of benzene rings is 1. The van der Waals surface area contributed by atoms with E-state index in [1.165, 1.54) is 0 Å². The number of piperazine rings is 1. The molecule has 1 fully saturated rings. The van der Waals surface area contributed by atoms with Crippen LogP contribution in [0, 0.1) is 0 Å². The van der Waals surface area contributed by atoms with Crippen LogP contribution in [0.3, 0.4) is 0 Å². The highest BCUT2D eigenvalue weighted by molar-refractivity contribution is 7.89. The van der Waals surface area contributed by atoms with Crippen LogP contribution in [-0.2, 0) is 10.0 Å². The first-order chi connectivity index (χ1) is 10.5. The molecular weight excluding hydrogens is 298 g/mol. The number of hydrogen-bond donors (Lipinski definition) is 0. The molecular formula is C16H21N3O2S. The fourth-order valence-electron chi connectivity index (χ4n) is 2.92. The fraction of sp³-hybridized carbons (Fsp3) is 0.438. The zero-order valence-electron chi connectivity index (χ0n) is 12.9. The average molecular weight is 319 g/mol. The molecule has 0 amide bonds. The van der Waals surface area contributed by atoms with Gasteiger partial charge in [0.2, 0.25) is 10.0 Å². The van der Waals surface area contributed by atoms with Gasteiger partial charge in [-0.15, -0.1) is 0 Å². The molecule has 2 heterocycles. The molecule has 2 aromatic rings. The Labute approximate surface area is 131 Å². The zero-order chi connectivity index (χ0) is 15.7. The van der Waals surface area contributed by atoms with Gasteiger partial charge < -0.3 is 0 Å². The predicted molar refractivity (Wildman–Crippen MR) is 87.2 cm³/mol. The molecule has 1 aromatic heterocycles. The molecule has 0 unspecified atom stereocenters. The number of aromatic nitrogens is 1. The van der Waals surface area contributed by atoms with Gasteiger partial charge in [0, 0.05) is 55.4 Å². The molecule has 0 atom stereocenters. The molecule has 0 saturated carbocycles. The number of fused-ring (bicyclic) bond motifs is 1. The van der Waals surface area contributed by atoms with Gasteiger partial charge in [0.05, 0.1) is 4.90 Å². The highest BCUT2D eigenvalue weighted by atomic mass is 32.2. The number of sulfonamides is 1. The summed E-state index contributed by atoms with van der Waals surface area (Å²) in [5.74, 6) is 0. The Morgan fingerprint density at radius 1 is 1.09 bits per heavy atom. The van der Waals surface area contributed by atoms with Crippen LogP contribution in [0.4, 0.5) is 0 Å². The van der Waals surface area contributed by atoms with E-state index < -0.39 is 10.0 Å². The van der Waals surface area contributed by atoms with Gasteiger partial charge in [0.15, 0.2) is 0 Å². The summed E-state index contributed by atoms with van der Waals surface area (Å²) in [6, 6.07) is 7.58. The van der Waals surface area contributed by atoms with Crippen molar-refractivity contribution in [3.63, 3.8) is 0 Å². The second kappa shape index (κ2) is 5.95. The van der Waals surface area contributed by atoms with Gasteiger partial charge in [-0.2, -0.15) is 4.31 Å². The molecule has 1 aromatic carbocycles. The van der Waals surface area contributed by atoms with Crippen molar-refractivity contribution in [3.05, 3.63) is 36.7 Å². The Morgan fingerprint density at radius 2 is 1.82 bits per heavy atom. The topological polar surface area (TPSA) is 53.5 Å². The van der Waals surface area contributed by atoms with Crippen molar-refractivity contribution in [2.45, 2.75) is 24.8 Å². The molecule has 1 aliphatic heterocycles. The van der Waals surface area contributed by atoms with Crippen molar-refractivity contribution in [2.75, 3.05) is 26.2 Å². The lowest BCUT2D eigenvalue weighted by Crippen LogP contribution is -2.50. The molecule has 0 N–H and O–H groups in total. The number of pyridine rings is 1. The van der Waals surface area contributed by atoms with Gasteiger partial charge in [-0.25, -0.2) is 8.42 Å². The quantitative estimate of drug-likeness (QED) is 0.868. The summed E-state index contributed by atoms with van der Waals surface area (Å²) in [5, 5.41) is 1.59. The van der Waals surface area contributed by atoms with Crippen molar-refractivity contribution in [3.8, 4) is 0 Å². The number of hydrogen-bond acceptors (Lipinski definition) is 4. The van der Waals surface area contributed by atoms with Gasteiger partial charge >= 0.3 is 0 Å². The summed E-state index contributed by atoms with van der Waals surface area (Å²) in [5.41, 5.74) is 0. The van der Waals surface area contributed by atoms with Crippen LogP contribution < -0.4 is 0 Å². The molecule has 0 aliphatic carbocycles. The fourth-order valence-corrected chi connectivity index (χ4v) is 4.55. The maximum Gasteiger partial charge on any atom is 0.243 e. The second-order valence-electron chi connectivity index (χ2n) is 5.89. The van der Waals surface area contributed by atoms with Gasteiger partial charge in [-0.1, -0.05) is 12.1 Å². The third-order valence-corrected chi connectivity index (χ3v) is 6.22. The van der Waals surface area contributed by atoms with E-state index in [0.29, 0.717) is 24.0 Å². The molecule has 0 bridgehead atoms. The average Bonchev–Trinajstić information content (AvgIpc) is 2.54. The minimum absolute atomic E-state index is 0.380. The van der Waals surface area contributed by atoms with Crippen LogP contribution in [0.15, 0.2) is 41.6 Å². The molecule has 6 heteroatoms. The summed E-state index contributed by atoms with van der Waals surface area (Å²) in [6.07, 6.45) is 3.34. The van der Waals surface area contributed by atoms with Gasteiger partial charge in [-0.05, 0) is 26.0 Å². The van der Waals surface area contributed by atoms with E-state index in [2.05, 4.69) is 23.7 Å². The van der Waals surface area contributed by atoms with E-state index in [4.69, 9.17) is 0 Å². The SMILES string of the molecule is CC(C)N1CCN(S(=O)(=O)c2cccc3cnccc23)CC1. The van der Waals surface area contributed by atoms with Crippen molar-refractivity contribution in [1.82, 2.24) is 14.2 Å². The highest BCUT2D eigenvalue weighted by Crippen LogP contribution is 2.26. The zero-order valence-corrected chi connectivity index (χ0v) is 13.8. The minimum Gasteiger partial charge on any atom is -0.298 e. The lowest BCUT2D eigenvalue weighted by atomic mass is 10.2. The monoisotopic (exact) mass is 319 g/mol. The Balaban J connectivity index is 1.93. The van der Waals surface area contributed by atoms with Crippen molar-refractivity contribution in [2.24, 2.45) is 0 Å². The molecule has 118 valence electrons. The Hall–Kier alpha value is -1.50. The van der Waals surface area contributed by atoms with Crippen molar-refractivity contribution < 1.29 is 8.42 Å². The van der Waals surface area contributed by atoms with Crippen molar-refractivity contribution >= 4 is 20.8 Å². The van der Waals surface area contributed by atoms with Gasteiger partial charge in [0.1, 0.15) is 0 Å². The Morgan fingerprint density at radius 3 is 2.50 bits per heavy atom. The second-order valence-corrected chi connectivity index (χ2v) is 7.79. The first-order valence-electron chi connectivity index (χ1n) is 7.57. The lowest BCUT2D eigenvalue weighted by molar-refractivity contribution is 0.154. The molecule has 22 heavy (non-hydrogen) atoms. The lowest BCUT2D eigenvalue weighted by Gasteiger charge is -2.36. The maximum absolute atomic E-state index is 13.0. The number of nitrogens with zero attached hydrogens (tertiary/aromatic N) is 3. The van der Waals surface area contributed by atoms with Crippen LogP contribution in [-0.4, -0.2) is 54.8 Å². The molecule has 3 rings (SSSR count). The third kappa shape index (κ3) is 2.74. The molecule has 0 radical (unpaired) electrons. The van der Waals surface area contributed by atoms with Gasteiger partial charge in [-0.3, -0.25) is 9.88 Å². The summed E-state index contributed by atoms with van der Waals surface area (Å²) in [4.78, 5) is 6.75. The third-order valence-electron chi connectivity index (χ3n) is 4.26.